The van der Waals surface area contributed by atoms with Gasteiger partial charge in [-0.25, -0.2) is 9.78 Å². The Morgan fingerprint density at radius 1 is 1.50 bits per heavy atom. The standard InChI is InChI=1S/C8H7ClN2O3/c1-11(8(13)14)6-3-2-5(4-10-6)7(9)12/h2-4H,1H3,(H,13,14). The zero-order valence-corrected chi connectivity index (χ0v) is 8.02. The number of rotatable bonds is 2. The fraction of sp³-hybridized carbons (Fsp3) is 0.125. The molecule has 0 saturated heterocycles. The van der Waals surface area contributed by atoms with E-state index in [9.17, 15) is 9.59 Å². The highest BCUT2D eigenvalue weighted by Gasteiger charge is 2.10. The molecule has 0 aliphatic carbocycles. The number of nitrogens with zero attached hydrogens (tertiary/aromatic N) is 2. The molecule has 1 N–H and O–H groups in total. The summed E-state index contributed by atoms with van der Waals surface area (Å²) in [6.45, 7) is 0. The molecular weight excluding hydrogens is 208 g/mol. The van der Waals surface area contributed by atoms with E-state index in [1.807, 2.05) is 0 Å². The van der Waals surface area contributed by atoms with Gasteiger partial charge in [-0.05, 0) is 23.7 Å². The minimum absolute atomic E-state index is 0.231. The molecule has 0 fully saturated rings. The molecule has 0 saturated carbocycles. The Kier molecular flexibility index (Phi) is 3.03. The van der Waals surface area contributed by atoms with Crippen molar-refractivity contribution in [3.8, 4) is 0 Å². The van der Waals surface area contributed by atoms with Gasteiger partial charge in [0.25, 0.3) is 5.24 Å². The highest BCUT2D eigenvalue weighted by Crippen LogP contribution is 2.10. The molecular formula is C8H7ClN2O3. The van der Waals surface area contributed by atoms with Gasteiger partial charge in [0, 0.05) is 13.2 Å². The van der Waals surface area contributed by atoms with E-state index < -0.39 is 11.3 Å². The number of carbonyl (C=O) groups excluding carboxylic acids is 1. The van der Waals surface area contributed by atoms with E-state index in [1.54, 1.807) is 0 Å². The van der Waals surface area contributed by atoms with Crippen LogP contribution in [-0.4, -0.2) is 28.5 Å². The maximum Gasteiger partial charge on any atom is 0.412 e. The van der Waals surface area contributed by atoms with Crippen LogP contribution in [0, 0.1) is 0 Å². The molecule has 74 valence electrons. The third kappa shape index (κ3) is 2.20. The van der Waals surface area contributed by atoms with Crippen molar-refractivity contribution in [2.75, 3.05) is 11.9 Å². The summed E-state index contributed by atoms with van der Waals surface area (Å²) in [5, 5.41) is 7.98. The van der Waals surface area contributed by atoms with Gasteiger partial charge in [0.05, 0.1) is 5.56 Å². The van der Waals surface area contributed by atoms with Gasteiger partial charge in [-0.3, -0.25) is 9.69 Å². The SMILES string of the molecule is CN(C(=O)O)c1ccc(C(=O)Cl)cn1. The predicted octanol–water partition coefficient (Wildman–Crippen LogP) is 1.57. The highest BCUT2D eigenvalue weighted by molar-refractivity contribution is 6.67. The van der Waals surface area contributed by atoms with Gasteiger partial charge in [-0.1, -0.05) is 0 Å². The number of carboxylic acid groups (broad SMARTS) is 1. The van der Waals surface area contributed by atoms with Crippen molar-refractivity contribution in [2.45, 2.75) is 0 Å². The van der Waals surface area contributed by atoms with Crippen LogP contribution >= 0.6 is 11.6 Å². The summed E-state index contributed by atoms with van der Waals surface area (Å²) < 4.78 is 0. The lowest BCUT2D eigenvalue weighted by Gasteiger charge is -2.10. The molecule has 0 aliphatic heterocycles. The van der Waals surface area contributed by atoms with Crippen LogP contribution < -0.4 is 4.90 Å². The third-order valence-electron chi connectivity index (χ3n) is 1.61. The summed E-state index contributed by atoms with van der Waals surface area (Å²) in [6.07, 6.45) is 0.104. The molecule has 0 aliphatic rings. The monoisotopic (exact) mass is 214 g/mol. The number of aromatic nitrogens is 1. The Labute approximate surface area is 84.9 Å². The Morgan fingerprint density at radius 3 is 2.50 bits per heavy atom. The highest BCUT2D eigenvalue weighted by atomic mass is 35.5. The van der Waals surface area contributed by atoms with E-state index in [-0.39, 0.29) is 11.4 Å². The van der Waals surface area contributed by atoms with E-state index in [0.29, 0.717) is 0 Å². The Balaban J connectivity index is 2.94. The number of halogens is 1. The lowest BCUT2D eigenvalue weighted by atomic mass is 10.3. The van der Waals surface area contributed by atoms with E-state index in [0.717, 1.165) is 4.90 Å². The number of hydrogen-bond acceptors (Lipinski definition) is 3. The van der Waals surface area contributed by atoms with Crippen molar-refractivity contribution < 1.29 is 14.7 Å². The lowest BCUT2D eigenvalue weighted by Crippen LogP contribution is -2.24. The van der Waals surface area contributed by atoms with Crippen LogP contribution in [0.2, 0.25) is 0 Å². The third-order valence-corrected chi connectivity index (χ3v) is 1.82. The van der Waals surface area contributed by atoms with Crippen LogP contribution in [0.4, 0.5) is 10.6 Å². The molecule has 14 heavy (non-hydrogen) atoms. The predicted molar refractivity (Wildman–Crippen MR) is 50.8 cm³/mol. The number of anilines is 1. The van der Waals surface area contributed by atoms with E-state index >= 15 is 0 Å². The topological polar surface area (TPSA) is 70.5 Å². The summed E-state index contributed by atoms with van der Waals surface area (Å²) in [4.78, 5) is 25.9. The number of carbonyl (C=O) groups is 2. The molecule has 1 heterocycles. The van der Waals surface area contributed by atoms with Crippen LogP contribution in [-0.2, 0) is 0 Å². The minimum Gasteiger partial charge on any atom is -0.465 e. The van der Waals surface area contributed by atoms with Crippen molar-refractivity contribution in [3.63, 3.8) is 0 Å². The van der Waals surface area contributed by atoms with Crippen LogP contribution in [0.1, 0.15) is 10.4 Å². The molecule has 5 nitrogen and oxygen atoms in total. The average molecular weight is 215 g/mol. The van der Waals surface area contributed by atoms with Gasteiger partial charge < -0.3 is 5.11 Å². The average Bonchev–Trinajstić information content (AvgIpc) is 2.16. The summed E-state index contributed by atoms with van der Waals surface area (Å²) >= 11 is 5.19. The first-order chi connectivity index (χ1) is 6.52. The van der Waals surface area contributed by atoms with Gasteiger partial charge in [0.15, 0.2) is 0 Å². The Morgan fingerprint density at radius 2 is 2.14 bits per heavy atom. The second-order valence-corrected chi connectivity index (χ2v) is 2.86. The van der Waals surface area contributed by atoms with E-state index in [1.165, 1.54) is 25.4 Å². The first kappa shape index (κ1) is 10.5. The summed E-state index contributed by atoms with van der Waals surface area (Å²) in [5.74, 6) is 0.235. The molecule has 0 atom stereocenters. The summed E-state index contributed by atoms with van der Waals surface area (Å²) in [6, 6.07) is 2.82. The molecule has 0 spiro atoms. The number of hydrogen-bond donors (Lipinski definition) is 1. The Hall–Kier alpha value is -1.62. The summed E-state index contributed by atoms with van der Waals surface area (Å²) in [7, 11) is 1.35. The Bertz CT molecular complexity index is 363. The maximum atomic E-state index is 10.7. The molecule has 1 amide bonds. The quantitative estimate of drug-likeness (QED) is 0.759. The summed E-state index contributed by atoms with van der Waals surface area (Å²) in [5.41, 5.74) is 0.231. The first-order valence-corrected chi connectivity index (χ1v) is 4.02. The maximum absolute atomic E-state index is 10.7. The van der Waals surface area contributed by atoms with Crippen molar-refractivity contribution in [1.29, 1.82) is 0 Å². The van der Waals surface area contributed by atoms with E-state index in [4.69, 9.17) is 16.7 Å². The smallest absolute Gasteiger partial charge is 0.412 e. The van der Waals surface area contributed by atoms with Crippen LogP contribution in [0.3, 0.4) is 0 Å². The molecule has 1 aromatic heterocycles. The van der Waals surface area contributed by atoms with Gasteiger partial charge in [-0.15, -0.1) is 0 Å². The van der Waals surface area contributed by atoms with Crippen molar-refractivity contribution in [1.82, 2.24) is 4.98 Å². The van der Waals surface area contributed by atoms with Crippen molar-refractivity contribution in [3.05, 3.63) is 23.9 Å². The largest absolute Gasteiger partial charge is 0.465 e. The van der Waals surface area contributed by atoms with Crippen molar-refractivity contribution >= 4 is 28.8 Å². The molecule has 1 rings (SSSR count). The zero-order chi connectivity index (χ0) is 10.7. The second kappa shape index (κ2) is 4.06. The van der Waals surface area contributed by atoms with Crippen LogP contribution in [0.5, 0.6) is 0 Å². The van der Waals surface area contributed by atoms with Crippen LogP contribution in [0.25, 0.3) is 0 Å². The fourth-order valence-electron chi connectivity index (χ4n) is 0.799. The number of pyridine rings is 1. The first-order valence-electron chi connectivity index (χ1n) is 3.65. The lowest BCUT2D eigenvalue weighted by molar-refractivity contribution is 0.108. The molecule has 0 radical (unpaired) electrons. The zero-order valence-electron chi connectivity index (χ0n) is 7.27. The molecule has 0 bridgehead atoms. The molecule has 0 unspecified atom stereocenters. The normalized spacial score (nSPS) is 9.57. The van der Waals surface area contributed by atoms with Gasteiger partial charge in [-0.2, -0.15) is 0 Å². The minimum atomic E-state index is -1.12. The molecule has 1 aromatic rings. The molecule has 6 heteroatoms. The second-order valence-electron chi connectivity index (χ2n) is 2.52. The van der Waals surface area contributed by atoms with Crippen LogP contribution in [0.15, 0.2) is 18.3 Å². The van der Waals surface area contributed by atoms with E-state index in [2.05, 4.69) is 4.98 Å². The van der Waals surface area contributed by atoms with Crippen molar-refractivity contribution in [2.24, 2.45) is 0 Å². The van der Waals surface area contributed by atoms with Gasteiger partial charge >= 0.3 is 6.09 Å². The molecule has 0 aromatic carbocycles. The van der Waals surface area contributed by atoms with Gasteiger partial charge in [0.1, 0.15) is 5.82 Å². The van der Waals surface area contributed by atoms with Gasteiger partial charge in [0.2, 0.25) is 0 Å². The fourth-order valence-corrected chi connectivity index (χ4v) is 0.911. The number of amides is 1.